The molecule has 0 saturated heterocycles. The van der Waals surface area contributed by atoms with Crippen molar-refractivity contribution < 1.29 is 4.52 Å². The first-order valence-corrected chi connectivity index (χ1v) is 10.4. The summed E-state index contributed by atoms with van der Waals surface area (Å²) in [6.45, 7) is 2.29. The summed E-state index contributed by atoms with van der Waals surface area (Å²) in [5.74, 6) is 0. The molecule has 2 aromatic carbocycles. The molecule has 0 unspecified atom stereocenters. The van der Waals surface area contributed by atoms with E-state index in [-0.39, 0.29) is 0 Å². The predicted octanol–water partition coefficient (Wildman–Crippen LogP) is 4.94. The van der Waals surface area contributed by atoms with Crippen molar-refractivity contribution in [1.82, 2.24) is 0 Å². The molecular formula is C20H26OP+. The molecule has 0 aliphatic heterocycles. The van der Waals surface area contributed by atoms with Crippen LogP contribution in [0.2, 0.25) is 0 Å². The molecule has 1 aliphatic rings. The maximum Gasteiger partial charge on any atom is 0.210 e. The van der Waals surface area contributed by atoms with Crippen LogP contribution in [0, 0.1) is 0 Å². The van der Waals surface area contributed by atoms with Crippen LogP contribution in [0.4, 0.5) is 0 Å². The van der Waals surface area contributed by atoms with Crippen molar-refractivity contribution in [2.24, 2.45) is 0 Å². The smallest absolute Gasteiger partial charge is 0.210 e. The van der Waals surface area contributed by atoms with Gasteiger partial charge in [-0.05, 0) is 44.0 Å². The maximum atomic E-state index is 6.91. The summed E-state index contributed by atoms with van der Waals surface area (Å²) in [6.07, 6.45) is 7.95. The third kappa shape index (κ3) is 3.26. The second kappa shape index (κ2) is 7.40. The number of hydrogen-bond acceptors (Lipinski definition) is 1. The normalized spacial score (nSPS) is 16.6. The molecule has 1 aliphatic carbocycles. The first kappa shape index (κ1) is 15.7. The Morgan fingerprint density at radius 1 is 0.818 bits per heavy atom. The molecule has 22 heavy (non-hydrogen) atoms. The molecule has 0 radical (unpaired) electrons. The van der Waals surface area contributed by atoms with Crippen molar-refractivity contribution >= 4 is 18.1 Å². The van der Waals surface area contributed by atoms with Gasteiger partial charge in [-0.1, -0.05) is 55.7 Å². The zero-order valence-corrected chi connectivity index (χ0v) is 14.3. The van der Waals surface area contributed by atoms with Crippen molar-refractivity contribution in [1.29, 1.82) is 0 Å². The van der Waals surface area contributed by atoms with Crippen LogP contribution in [0.1, 0.15) is 39.0 Å². The van der Waals surface area contributed by atoms with Gasteiger partial charge in [0.1, 0.15) is 16.7 Å². The van der Waals surface area contributed by atoms with Gasteiger partial charge < -0.3 is 0 Å². The Morgan fingerprint density at radius 2 is 1.32 bits per heavy atom. The van der Waals surface area contributed by atoms with Crippen molar-refractivity contribution in [3.63, 3.8) is 0 Å². The quantitative estimate of drug-likeness (QED) is 0.711. The molecule has 0 N–H and O–H groups in total. The Bertz CT molecular complexity index is 521. The number of benzene rings is 2. The topological polar surface area (TPSA) is 9.23 Å². The van der Waals surface area contributed by atoms with E-state index in [4.69, 9.17) is 4.52 Å². The lowest BCUT2D eigenvalue weighted by atomic mass is 9.98. The van der Waals surface area contributed by atoms with E-state index >= 15 is 0 Å². The molecule has 2 heteroatoms. The van der Waals surface area contributed by atoms with E-state index in [1.807, 2.05) is 0 Å². The molecule has 0 amide bonds. The summed E-state index contributed by atoms with van der Waals surface area (Å²) in [5, 5.41) is 2.77. The van der Waals surface area contributed by atoms with Crippen molar-refractivity contribution in [2.45, 2.75) is 45.1 Å². The van der Waals surface area contributed by atoms with Crippen LogP contribution < -0.4 is 10.6 Å². The van der Waals surface area contributed by atoms with Crippen LogP contribution in [-0.2, 0) is 4.52 Å². The molecule has 1 nitrogen and oxygen atoms in total. The summed E-state index contributed by atoms with van der Waals surface area (Å²) >= 11 is 0. The SMILES string of the molecule is CC[P+](OC1CCCCC1)(c1ccccc1)c1ccccc1. The van der Waals surface area contributed by atoms with Crippen molar-refractivity contribution in [2.75, 3.05) is 6.16 Å². The minimum absolute atomic E-state index is 0.433. The lowest BCUT2D eigenvalue weighted by Crippen LogP contribution is -2.30. The zero-order chi connectivity index (χ0) is 15.3. The molecule has 0 bridgehead atoms. The van der Waals surface area contributed by atoms with E-state index in [1.165, 1.54) is 42.7 Å². The highest BCUT2D eigenvalue weighted by atomic mass is 31.2. The number of rotatable bonds is 5. The average molecular weight is 313 g/mol. The Labute approximate surface area is 135 Å². The Morgan fingerprint density at radius 3 is 1.77 bits per heavy atom. The lowest BCUT2D eigenvalue weighted by Gasteiger charge is -2.30. The highest BCUT2D eigenvalue weighted by Crippen LogP contribution is 2.59. The van der Waals surface area contributed by atoms with Crippen LogP contribution >= 0.6 is 7.49 Å². The van der Waals surface area contributed by atoms with Gasteiger partial charge >= 0.3 is 0 Å². The Balaban J connectivity index is 2.00. The minimum atomic E-state index is -1.75. The van der Waals surface area contributed by atoms with Gasteiger partial charge in [-0.3, -0.25) is 0 Å². The van der Waals surface area contributed by atoms with Gasteiger partial charge in [0, 0.05) is 0 Å². The fourth-order valence-corrected chi connectivity index (χ4v) is 6.92. The van der Waals surface area contributed by atoms with E-state index in [9.17, 15) is 0 Å². The maximum absolute atomic E-state index is 6.91. The van der Waals surface area contributed by atoms with Gasteiger partial charge in [0.05, 0.1) is 6.16 Å². The summed E-state index contributed by atoms with van der Waals surface area (Å²) < 4.78 is 6.91. The van der Waals surface area contributed by atoms with Crippen LogP contribution in [-0.4, -0.2) is 12.3 Å². The summed E-state index contributed by atoms with van der Waals surface area (Å²) in [5.41, 5.74) is 0. The fraction of sp³-hybridized carbons (Fsp3) is 0.400. The fourth-order valence-electron chi connectivity index (χ4n) is 3.47. The van der Waals surface area contributed by atoms with E-state index in [0.29, 0.717) is 6.10 Å². The molecule has 0 heterocycles. The molecule has 0 aromatic heterocycles. The Hall–Kier alpha value is -1.17. The monoisotopic (exact) mass is 313 g/mol. The predicted molar refractivity (Wildman–Crippen MR) is 97.6 cm³/mol. The van der Waals surface area contributed by atoms with Crippen LogP contribution in [0.3, 0.4) is 0 Å². The number of hydrogen-bond donors (Lipinski definition) is 0. The van der Waals surface area contributed by atoms with Gasteiger partial charge in [0.15, 0.2) is 0 Å². The van der Waals surface area contributed by atoms with E-state index < -0.39 is 7.49 Å². The van der Waals surface area contributed by atoms with E-state index in [2.05, 4.69) is 67.6 Å². The lowest BCUT2D eigenvalue weighted by molar-refractivity contribution is 0.171. The average Bonchev–Trinajstić information content (AvgIpc) is 2.62. The molecule has 1 saturated carbocycles. The second-order valence-electron chi connectivity index (χ2n) is 6.09. The third-order valence-corrected chi connectivity index (χ3v) is 8.49. The molecule has 0 atom stereocenters. The van der Waals surface area contributed by atoms with Gasteiger partial charge in [0.25, 0.3) is 0 Å². The van der Waals surface area contributed by atoms with Crippen molar-refractivity contribution in [3.05, 3.63) is 60.7 Å². The van der Waals surface area contributed by atoms with Crippen LogP contribution in [0.15, 0.2) is 60.7 Å². The van der Waals surface area contributed by atoms with Crippen molar-refractivity contribution in [3.8, 4) is 0 Å². The van der Waals surface area contributed by atoms with E-state index in [0.717, 1.165) is 6.16 Å². The zero-order valence-electron chi connectivity index (χ0n) is 13.4. The molecule has 2 aromatic rings. The van der Waals surface area contributed by atoms with Gasteiger partial charge in [0.2, 0.25) is 7.49 Å². The van der Waals surface area contributed by atoms with E-state index in [1.54, 1.807) is 0 Å². The molecule has 0 spiro atoms. The first-order chi connectivity index (χ1) is 10.8. The van der Waals surface area contributed by atoms with Gasteiger partial charge in [-0.25, -0.2) is 4.52 Å². The summed E-state index contributed by atoms with van der Waals surface area (Å²) in [4.78, 5) is 0. The molecule has 116 valence electrons. The summed E-state index contributed by atoms with van der Waals surface area (Å²) in [6, 6.07) is 21.8. The van der Waals surface area contributed by atoms with Crippen LogP contribution in [0.5, 0.6) is 0 Å². The highest BCUT2D eigenvalue weighted by Gasteiger charge is 2.45. The second-order valence-corrected chi connectivity index (χ2v) is 9.45. The largest absolute Gasteiger partial charge is 0.224 e. The molecule has 1 fully saturated rings. The minimum Gasteiger partial charge on any atom is -0.224 e. The van der Waals surface area contributed by atoms with Gasteiger partial charge in [-0.15, -0.1) is 0 Å². The molecular weight excluding hydrogens is 287 g/mol. The third-order valence-electron chi connectivity index (χ3n) is 4.67. The summed E-state index contributed by atoms with van der Waals surface area (Å²) in [7, 11) is -1.75. The Kier molecular flexibility index (Phi) is 5.28. The standard InChI is InChI=1S/C20H26OP/c1-2-22(19-14-8-4-9-15-19,20-16-10-5-11-17-20)21-18-12-6-3-7-13-18/h4-5,8-11,14-18H,2-3,6-7,12-13H2,1H3/q+1. The molecule has 3 rings (SSSR count). The highest BCUT2D eigenvalue weighted by molar-refractivity contribution is 7.85. The van der Waals surface area contributed by atoms with Crippen LogP contribution in [0.25, 0.3) is 0 Å². The van der Waals surface area contributed by atoms with Gasteiger partial charge in [-0.2, -0.15) is 0 Å². The first-order valence-electron chi connectivity index (χ1n) is 8.53.